The first-order chi connectivity index (χ1) is 7.51. The van der Waals surface area contributed by atoms with E-state index in [0.717, 1.165) is 0 Å². The van der Waals surface area contributed by atoms with Crippen molar-refractivity contribution in [2.45, 2.75) is 24.4 Å². The van der Waals surface area contributed by atoms with Crippen molar-refractivity contribution < 1.29 is 13.6 Å². The highest BCUT2D eigenvalue weighted by molar-refractivity contribution is 7.89. The third-order valence-corrected chi connectivity index (χ3v) is 3.34. The van der Waals surface area contributed by atoms with Gasteiger partial charge in [0.25, 0.3) is 10.0 Å². The van der Waals surface area contributed by atoms with Crippen LogP contribution in [0.2, 0.25) is 0 Å². The van der Waals surface area contributed by atoms with Crippen LogP contribution in [0.25, 0.3) is 0 Å². The summed E-state index contributed by atoms with van der Waals surface area (Å²) < 4.78 is 25.7. The first-order valence-electron chi connectivity index (χ1n) is 4.49. The summed E-state index contributed by atoms with van der Waals surface area (Å²) in [6.45, 7) is 1.71. The maximum absolute atomic E-state index is 11.7. The molecule has 0 saturated heterocycles. The van der Waals surface area contributed by atoms with Crippen LogP contribution in [0.5, 0.6) is 0 Å². The molecular weight excluding hydrogens is 234 g/mol. The van der Waals surface area contributed by atoms with Crippen molar-refractivity contribution in [3.8, 4) is 0 Å². The van der Waals surface area contributed by atoms with Gasteiger partial charge in [0, 0.05) is 0 Å². The highest BCUT2D eigenvalue weighted by Crippen LogP contribution is 2.04. The van der Waals surface area contributed by atoms with Gasteiger partial charge < -0.3 is 15.9 Å². The van der Waals surface area contributed by atoms with E-state index >= 15 is 0 Å². The van der Waals surface area contributed by atoms with E-state index in [1.807, 2.05) is 0 Å². The average Bonchev–Trinajstić information content (AvgIpc) is 2.78. The van der Waals surface area contributed by atoms with Crippen LogP contribution in [-0.2, 0) is 10.0 Å². The molecule has 0 bridgehead atoms. The Hall–Kier alpha value is -1.61. The molecule has 5 N–H and O–H groups in total. The van der Waals surface area contributed by atoms with Gasteiger partial charge in [-0.15, -0.1) is 0 Å². The van der Waals surface area contributed by atoms with E-state index in [4.69, 9.17) is 10.9 Å². The first kappa shape index (κ1) is 12.5. The number of oxime groups is 1. The topological polar surface area (TPSA) is 133 Å². The molecule has 16 heavy (non-hydrogen) atoms. The number of nitrogens with one attached hydrogen (secondary N) is 2. The number of amidine groups is 1. The molecule has 0 fully saturated rings. The first-order valence-corrected chi connectivity index (χ1v) is 5.97. The predicted molar refractivity (Wildman–Crippen MR) is 56.4 cm³/mol. The largest absolute Gasteiger partial charge is 0.409 e. The third kappa shape index (κ3) is 2.70. The molecule has 1 aromatic rings. The Labute approximate surface area is 92.6 Å². The van der Waals surface area contributed by atoms with Gasteiger partial charge in [-0.05, 0) is 6.42 Å². The summed E-state index contributed by atoms with van der Waals surface area (Å²) in [6.07, 6.45) is 2.78. The Balaban J connectivity index is 2.88. The SMILES string of the molecule is CCC(NS(=O)(=O)c1cnc[nH]1)C(N)=NO. The number of aromatic amines is 1. The zero-order valence-corrected chi connectivity index (χ0v) is 9.40. The Morgan fingerprint density at radius 2 is 2.50 bits per heavy atom. The molecule has 8 nitrogen and oxygen atoms in total. The summed E-state index contributed by atoms with van der Waals surface area (Å²) in [7, 11) is -3.72. The lowest BCUT2D eigenvalue weighted by Crippen LogP contribution is -2.44. The lowest BCUT2D eigenvalue weighted by Gasteiger charge is -2.14. The van der Waals surface area contributed by atoms with E-state index in [1.165, 1.54) is 12.5 Å². The van der Waals surface area contributed by atoms with E-state index in [9.17, 15) is 8.42 Å². The molecule has 1 aromatic heterocycles. The number of imidazole rings is 1. The van der Waals surface area contributed by atoms with Crippen molar-refractivity contribution in [3.05, 3.63) is 12.5 Å². The molecule has 0 aliphatic rings. The van der Waals surface area contributed by atoms with E-state index in [-0.39, 0.29) is 10.9 Å². The minimum atomic E-state index is -3.72. The molecule has 0 aliphatic heterocycles. The zero-order valence-electron chi connectivity index (χ0n) is 8.58. The Morgan fingerprint density at radius 1 is 1.81 bits per heavy atom. The molecule has 90 valence electrons. The van der Waals surface area contributed by atoms with E-state index in [2.05, 4.69) is 19.8 Å². The molecule has 0 aromatic carbocycles. The lowest BCUT2D eigenvalue weighted by molar-refractivity contribution is 0.315. The molecule has 0 aliphatic carbocycles. The number of hydrogen-bond donors (Lipinski definition) is 4. The van der Waals surface area contributed by atoms with Gasteiger partial charge in [-0.2, -0.15) is 4.72 Å². The van der Waals surface area contributed by atoms with Crippen molar-refractivity contribution in [1.29, 1.82) is 0 Å². The number of sulfonamides is 1. The normalized spacial score (nSPS) is 14.9. The minimum Gasteiger partial charge on any atom is -0.409 e. The quantitative estimate of drug-likeness (QED) is 0.234. The fourth-order valence-electron chi connectivity index (χ4n) is 1.06. The van der Waals surface area contributed by atoms with Gasteiger partial charge in [0.15, 0.2) is 10.9 Å². The van der Waals surface area contributed by atoms with Crippen molar-refractivity contribution in [2.75, 3.05) is 0 Å². The summed E-state index contributed by atoms with van der Waals surface area (Å²) in [5, 5.41) is 11.2. The van der Waals surface area contributed by atoms with Gasteiger partial charge in [-0.25, -0.2) is 13.4 Å². The second kappa shape index (κ2) is 4.94. The summed E-state index contributed by atoms with van der Waals surface area (Å²) >= 11 is 0. The average molecular weight is 247 g/mol. The molecule has 1 unspecified atom stereocenters. The molecule has 1 atom stereocenters. The van der Waals surface area contributed by atoms with Crippen LogP contribution in [0, 0.1) is 0 Å². The van der Waals surface area contributed by atoms with Crippen molar-refractivity contribution in [2.24, 2.45) is 10.9 Å². The molecule has 9 heteroatoms. The molecule has 1 rings (SSSR count). The van der Waals surface area contributed by atoms with Gasteiger partial charge in [0.2, 0.25) is 0 Å². The second-order valence-electron chi connectivity index (χ2n) is 3.02. The van der Waals surface area contributed by atoms with Gasteiger partial charge >= 0.3 is 0 Å². The van der Waals surface area contributed by atoms with Crippen molar-refractivity contribution in [1.82, 2.24) is 14.7 Å². The van der Waals surface area contributed by atoms with Gasteiger partial charge in [-0.1, -0.05) is 12.1 Å². The Morgan fingerprint density at radius 3 is 2.94 bits per heavy atom. The predicted octanol–water partition coefficient (Wildman–Crippen LogP) is -0.787. The number of nitrogens with zero attached hydrogens (tertiary/aromatic N) is 2. The molecule has 0 saturated carbocycles. The molecular formula is C7H13N5O3S. The number of H-pyrrole nitrogens is 1. The van der Waals surface area contributed by atoms with Crippen LogP contribution in [0.1, 0.15) is 13.3 Å². The Bertz CT molecular complexity index is 452. The van der Waals surface area contributed by atoms with Gasteiger partial charge in [0.05, 0.1) is 18.6 Å². The summed E-state index contributed by atoms with van der Waals surface area (Å²) in [6, 6.07) is -0.752. The second-order valence-corrected chi connectivity index (χ2v) is 4.71. The summed E-state index contributed by atoms with van der Waals surface area (Å²) in [4.78, 5) is 6.06. The highest BCUT2D eigenvalue weighted by Gasteiger charge is 2.22. The van der Waals surface area contributed by atoms with E-state index < -0.39 is 16.1 Å². The molecule has 1 heterocycles. The zero-order chi connectivity index (χ0) is 12.2. The van der Waals surface area contributed by atoms with Gasteiger partial charge in [-0.3, -0.25) is 0 Å². The van der Waals surface area contributed by atoms with E-state index in [0.29, 0.717) is 6.42 Å². The molecule has 0 amide bonds. The van der Waals surface area contributed by atoms with Gasteiger partial charge in [0.1, 0.15) is 0 Å². The molecule has 0 radical (unpaired) electrons. The standard InChI is InChI=1S/C7H13N5O3S/c1-2-5(7(8)11-13)12-16(14,15)6-3-9-4-10-6/h3-5,12-13H,2H2,1H3,(H2,8,11)(H,9,10). The maximum Gasteiger partial charge on any atom is 0.258 e. The van der Waals surface area contributed by atoms with E-state index in [1.54, 1.807) is 6.92 Å². The maximum atomic E-state index is 11.7. The lowest BCUT2D eigenvalue weighted by atomic mass is 10.2. The molecule has 0 spiro atoms. The van der Waals surface area contributed by atoms with Crippen LogP contribution in [0.15, 0.2) is 22.7 Å². The van der Waals surface area contributed by atoms with Crippen molar-refractivity contribution >= 4 is 15.9 Å². The number of aromatic nitrogens is 2. The summed E-state index contributed by atoms with van der Waals surface area (Å²) in [5.41, 5.74) is 5.34. The minimum absolute atomic E-state index is 0.0725. The highest BCUT2D eigenvalue weighted by atomic mass is 32.2. The number of hydrogen-bond acceptors (Lipinski definition) is 5. The number of nitrogens with two attached hydrogens (primary N) is 1. The van der Waals surface area contributed by atoms with Crippen LogP contribution < -0.4 is 10.5 Å². The Kier molecular flexibility index (Phi) is 3.85. The van der Waals surface area contributed by atoms with Crippen molar-refractivity contribution in [3.63, 3.8) is 0 Å². The van der Waals surface area contributed by atoms with Crippen LogP contribution in [0.3, 0.4) is 0 Å². The van der Waals surface area contributed by atoms with Crippen LogP contribution in [-0.4, -0.2) is 35.5 Å². The monoisotopic (exact) mass is 247 g/mol. The fraction of sp³-hybridized carbons (Fsp3) is 0.429. The third-order valence-electron chi connectivity index (χ3n) is 1.94. The number of rotatable bonds is 5. The fourth-order valence-corrected chi connectivity index (χ4v) is 2.26. The van der Waals surface area contributed by atoms with Crippen LogP contribution >= 0.6 is 0 Å². The van der Waals surface area contributed by atoms with Crippen LogP contribution in [0.4, 0.5) is 0 Å². The smallest absolute Gasteiger partial charge is 0.258 e. The summed E-state index contributed by atoms with van der Waals surface area (Å²) in [5.74, 6) is -0.189.